The zero-order valence-electron chi connectivity index (χ0n) is 9.51. The van der Waals surface area contributed by atoms with E-state index in [1.807, 2.05) is 30.3 Å². The van der Waals surface area contributed by atoms with Gasteiger partial charge in [0.15, 0.2) is 0 Å². The molecule has 1 N–H and O–H groups in total. The molecule has 2 aromatic carbocycles. The highest BCUT2D eigenvalue weighted by Crippen LogP contribution is 2.02. The molecule has 0 aliphatic carbocycles. The monoisotopic (exact) mass is 242 g/mol. The maximum atomic E-state index is 12.7. The van der Waals surface area contributed by atoms with Gasteiger partial charge in [-0.2, -0.15) is 5.10 Å². The van der Waals surface area contributed by atoms with E-state index in [9.17, 15) is 9.18 Å². The quantitative estimate of drug-likeness (QED) is 0.652. The molecule has 0 aliphatic rings. The van der Waals surface area contributed by atoms with Gasteiger partial charge in [-0.25, -0.2) is 9.82 Å². The van der Waals surface area contributed by atoms with E-state index in [1.165, 1.54) is 24.3 Å². The maximum Gasteiger partial charge on any atom is 0.271 e. The van der Waals surface area contributed by atoms with Crippen molar-refractivity contribution in [1.29, 1.82) is 0 Å². The first kappa shape index (κ1) is 12.0. The average Bonchev–Trinajstić information content (AvgIpc) is 2.40. The van der Waals surface area contributed by atoms with E-state index >= 15 is 0 Å². The Morgan fingerprint density at radius 3 is 2.39 bits per heavy atom. The van der Waals surface area contributed by atoms with E-state index in [-0.39, 0.29) is 11.7 Å². The highest BCUT2D eigenvalue weighted by molar-refractivity contribution is 5.94. The first-order valence-electron chi connectivity index (χ1n) is 5.40. The predicted molar refractivity (Wildman–Crippen MR) is 67.9 cm³/mol. The van der Waals surface area contributed by atoms with Gasteiger partial charge in [0.25, 0.3) is 5.91 Å². The van der Waals surface area contributed by atoms with Gasteiger partial charge in [0.05, 0.1) is 6.21 Å². The molecule has 0 saturated carbocycles. The Morgan fingerprint density at radius 2 is 1.72 bits per heavy atom. The van der Waals surface area contributed by atoms with Crippen LogP contribution >= 0.6 is 0 Å². The van der Waals surface area contributed by atoms with E-state index in [1.54, 1.807) is 6.21 Å². The van der Waals surface area contributed by atoms with Gasteiger partial charge in [0, 0.05) is 5.56 Å². The zero-order valence-corrected chi connectivity index (χ0v) is 9.51. The largest absolute Gasteiger partial charge is 0.271 e. The van der Waals surface area contributed by atoms with Crippen LogP contribution in [0, 0.1) is 5.82 Å². The topological polar surface area (TPSA) is 41.5 Å². The molecule has 0 bridgehead atoms. The second-order valence-electron chi connectivity index (χ2n) is 3.62. The van der Waals surface area contributed by atoms with Gasteiger partial charge in [-0.1, -0.05) is 30.3 Å². The summed E-state index contributed by atoms with van der Waals surface area (Å²) in [5.74, 6) is -0.749. The number of nitrogens with one attached hydrogen (secondary N) is 1. The molecule has 0 radical (unpaired) electrons. The van der Waals surface area contributed by atoms with E-state index in [0.29, 0.717) is 5.56 Å². The number of carbonyl (C=O) groups excluding carboxylic acids is 1. The molecule has 0 atom stereocenters. The van der Waals surface area contributed by atoms with Crippen molar-refractivity contribution < 1.29 is 9.18 Å². The Balaban J connectivity index is 1.96. The molecule has 0 spiro atoms. The fraction of sp³-hybridized carbons (Fsp3) is 0. The highest BCUT2D eigenvalue weighted by Gasteiger charge is 2.03. The van der Waals surface area contributed by atoms with Crippen molar-refractivity contribution in [2.24, 2.45) is 5.10 Å². The third-order valence-corrected chi connectivity index (χ3v) is 2.29. The number of hydrogen-bond donors (Lipinski definition) is 1. The summed E-state index contributed by atoms with van der Waals surface area (Å²) >= 11 is 0. The van der Waals surface area contributed by atoms with Gasteiger partial charge in [0.1, 0.15) is 5.82 Å². The minimum Gasteiger partial charge on any atom is -0.267 e. The highest BCUT2D eigenvalue weighted by atomic mass is 19.1. The molecule has 0 saturated heterocycles. The van der Waals surface area contributed by atoms with Crippen molar-refractivity contribution in [2.75, 3.05) is 0 Å². The predicted octanol–water partition coefficient (Wildman–Crippen LogP) is 2.59. The molecular weight excluding hydrogens is 231 g/mol. The second kappa shape index (κ2) is 5.72. The van der Waals surface area contributed by atoms with E-state index in [0.717, 1.165) is 5.56 Å². The number of hydrogen-bond acceptors (Lipinski definition) is 2. The smallest absolute Gasteiger partial charge is 0.267 e. The molecule has 4 heteroatoms. The lowest BCUT2D eigenvalue weighted by atomic mass is 10.2. The summed E-state index contributed by atoms with van der Waals surface area (Å²) < 4.78 is 12.7. The molecule has 0 heterocycles. The van der Waals surface area contributed by atoms with Crippen molar-refractivity contribution in [3.05, 3.63) is 71.5 Å². The number of amides is 1. The van der Waals surface area contributed by atoms with Crippen molar-refractivity contribution in [3.63, 3.8) is 0 Å². The number of benzene rings is 2. The molecule has 2 rings (SSSR count). The summed E-state index contributed by atoms with van der Waals surface area (Å²) in [6.45, 7) is 0. The van der Waals surface area contributed by atoms with E-state index < -0.39 is 0 Å². The molecule has 3 nitrogen and oxygen atoms in total. The van der Waals surface area contributed by atoms with Gasteiger partial charge in [0.2, 0.25) is 0 Å². The van der Waals surface area contributed by atoms with Gasteiger partial charge in [-0.3, -0.25) is 4.79 Å². The molecule has 2 aromatic rings. The minimum atomic E-state index is -0.376. The molecule has 18 heavy (non-hydrogen) atoms. The summed E-state index contributed by atoms with van der Waals surface area (Å²) in [5.41, 5.74) is 3.62. The molecule has 1 amide bonds. The van der Waals surface area contributed by atoms with Crippen LogP contribution in [-0.4, -0.2) is 12.1 Å². The first-order chi connectivity index (χ1) is 8.75. The fourth-order valence-electron chi connectivity index (χ4n) is 1.37. The zero-order chi connectivity index (χ0) is 12.8. The van der Waals surface area contributed by atoms with Crippen molar-refractivity contribution in [1.82, 2.24) is 5.43 Å². The van der Waals surface area contributed by atoms with E-state index in [2.05, 4.69) is 10.5 Å². The van der Waals surface area contributed by atoms with Crippen LogP contribution in [0.1, 0.15) is 15.9 Å². The summed E-state index contributed by atoms with van der Waals surface area (Å²) in [7, 11) is 0. The van der Waals surface area contributed by atoms with Crippen LogP contribution in [0.25, 0.3) is 0 Å². The minimum absolute atomic E-state index is 0.363. The van der Waals surface area contributed by atoms with Gasteiger partial charge >= 0.3 is 0 Å². The lowest BCUT2D eigenvalue weighted by molar-refractivity contribution is 0.0955. The maximum absolute atomic E-state index is 12.7. The fourth-order valence-corrected chi connectivity index (χ4v) is 1.37. The lowest BCUT2D eigenvalue weighted by Crippen LogP contribution is -2.17. The molecule has 0 unspecified atom stereocenters. The molecule has 0 aromatic heterocycles. The van der Waals surface area contributed by atoms with Gasteiger partial charge in [-0.15, -0.1) is 0 Å². The summed E-state index contributed by atoms with van der Waals surface area (Å²) in [5, 5.41) is 3.82. The number of halogens is 1. The van der Waals surface area contributed by atoms with E-state index in [4.69, 9.17) is 0 Å². The van der Waals surface area contributed by atoms with Crippen LogP contribution in [0.15, 0.2) is 59.7 Å². The summed E-state index contributed by atoms with van der Waals surface area (Å²) in [6.07, 6.45) is 1.54. The SMILES string of the molecule is O=C(NN=Cc1ccccc1)c1ccc(F)cc1. The molecule has 0 aliphatic heterocycles. The molecule has 0 fully saturated rings. The standard InChI is InChI=1S/C14H11FN2O/c15-13-8-6-12(7-9-13)14(18)17-16-10-11-4-2-1-3-5-11/h1-10H,(H,17,18). The van der Waals surface area contributed by atoms with Gasteiger partial charge in [-0.05, 0) is 29.8 Å². The molecule has 90 valence electrons. The normalized spacial score (nSPS) is 10.5. The van der Waals surface area contributed by atoms with Crippen LogP contribution < -0.4 is 5.43 Å². The Morgan fingerprint density at radius 1 is 1.06 bits per heavy atom. The third kappa shape index (κ3) is 3.25. The average molecular weight is 242 g/mol. The Kier molecular flexibility index (Phi) is 3.81. The molecular formula is C14H11FN2O. The number of rotatable bonds is 3. The van der Waals surface area contributed by atoms with Crippen LogP contribution in [-0.2, 0) is 0 Å². The Labute approximate surface area is 104 Å². The van der Waals surface area contributed by atoms with Crippen molar-refractivity contribution >= 4 is 12.1 Å². The first-order valence-corrected chi connectivity index (χ1v) is 5.40. The van der Waals surface area contributed by atoms with Crippen molar-refractivity contribution in [2.45, 2.75) is 0 Å². The van der Waals surface area contributed by atoms with Crippen LogP contribution in [0.5, 0.6) is 0 Å². The number of hydrazone groups is 1. The second-order valence-corrected chi connectivity index (χ2v) is 3.62. The van der Waals surface area contributed by atoms with Gasteiger partial charge < -0.3 is 0 Å². The Hall–Kier alpha value is -2.49. The van der Waals surface area contributed by atoms with Crippen molar-refractivity contribution in [3.8, 4) is 0 Å². The summed E-state index contributed by atoms with van der Waals surface area (Å²) in [6, 6.07) is 14.7. The van der Waals surface area contributed by atoms with Crippen LogP contribution in [0.4, 0.5) is 4.39 Å². The lowest BCUT2D eigenvalue weighted by Gasteiger charge is -1.99. The number of carbonyl (C=O) groups is 1. The number of nitrogens with zero attached hydrogens (tertiary/aromatic N) is 1. The van der Waals surface area contributed by atoms with Crippen LogP contribution in [0.3, 0.4) is 0 Å². The Bertz CT molecular complexity index is 550. The summed E-state index contributed by atoms with van der Waals surface area (Å²) in [4.78, 5) is 11.6. The van der Waals surface area contributed by atoms with Crippen LogP contribution in [0.2, 0.25) is 0 Å². The third-order valence-electron chi connectivity index (χ3n) is 2.29.